The molecule has 0 aliphatic heterocycles. The van der Waals surface area contributed by atoms with Gasteiger partial charge in [0.2, 0.25) is 0 Å². The van der Waals surface area contributed by atoms with Crippen molar-refractivity contribution < 1.29 is 9.60 Å². The van der Waals surface area contributed by atoms with Gasteiger partial charge >= 0.3 is 265 Å². The summed E-state index contributed by atoms with van der Waals surface area (Å²) in [6.45, 7) is 0. The summed E-state index contributed by atoms with van der Waals surface area (Å²) in [7, 11) is 0. The molecule has 0 radical (unpaired) electrons. The molecule has 0 saturated heterocycles. The Labute approximate surface area is 300 Å². The zero-order valence-corrected chi connectivity index (χ0v) is 27.7. The van der Waals surface area contributed by atoms with E-state index < -0.39 is 20.5 Å². The first-order chi connectivity index (χ1) is 27.2. The molecular formula is C45H29N3Se. The summed E-state index contributed by atoms with van der Waals surface area (Å²) in [6, 6.07) is 42.3. The molecule has 9 aromatic rings. The Bertz CT molecular complexity index is 2990. The van der Waals surface area contributed by atoms with E-state index >= 15 is 0 Å². The quantitative estimate of drug-likeness (QED) is 0.162. The number of hydrogen-bond acceptors (Lipinski definition) is 3. The van der Waals surface area contributed by atoms with Crippen LogP contribution in [0.5, 0.6) is 0 Å². The van der Waals surface area contributed by atoms with E-state index in [9.17, 15) is 1.37 Å². The van der Waals surface area contributed by atoms with Crippen molar-refractivity contribution in [3.05, 3.63) is 176 Å². The van der Waals surface area contributed by atoms with Crippen LogP contribution in [0.1, 0.15) is 9.60 Å². The summed E-state index contributed by atoms with van der Waals surface area (Å²) < 4.78 is 62.0. The maximum atomic E-state index is 9.19. The molecule has 0 bridgehead atoms. The molecule has 2 heterocycles. The molecule has 0 aliphatic rings. The number of rotatable bonds is 6. The number of nitrogens with zero attached hydrogens (tertiary/aromatic N) is 3. The van der Waals surface area contributed by atoms with E-state index in [1.165, 1.54) is 0 Å². The second kappa shape index (κ2) is 12.6. The van der Waals surface area contributed by atoms with Gasteiger partial charge in [0.25, 0.3) is 0 Å². The van der Waals surface area contributed by atoms with Crippen LogP contribution in [0.3, 0.4) is 0 Å². The van der Waals surface area contributed by atoms with Gasteiger partial charge in [0, 0.05) is 0 Å². The van der Waals surface area contributed by atoms with E-state index in [2.05, 4.69) is 30.3 Å². The maximum absolute atomic E-state index is 9.19. The van der Waals surface area contributed by atoms with Crippen LogP contribution in [-0.4, -0.2) is 29.5 Å². The fourth-order valence-electron chi connectivity index (χ4n) is 6.02. The minimum atomic E-state index is -0.732. The van der Waals surface area contributed by atoms with Crippen LogP contribution >= 0.6 is 0 Å². The number of fused-ring (bicyclic) bond motifs is 3. The van der Waals surface area contributed by atoms with Gasteiger partial charge in [-0.25, -0.2) is 0 Å². The van der Waals surface area contributed by atoms with E-state index in [4.69, 9.17) is 23.2 Å². The molecule has 3 nitrogen and oxygen atoms in total. The fraction of sp³-hybridized carbons (Fsp3) is 0. The van der Waals surface area contributed by atoms with E-state index in [1.807, 2.05) is 103 Å². The van der Waals surface area contributed by atoms with Gasteiger partial charge in [0.1, 0.15) is 0 Å². The Balaban J connectivity index is 1.27. The second-order valence-corrected chi connectivity index (χ2v) is 13.7. The third-order valence-corrected chi connectivity index (χ3v) is 10.8. The Morgan fingerprint density at radius 1 is 0.388 bits per heavy atom. The summed E-state index contributed by atoms with van der Waals surface area (Å²) in [5.74, 6) is 0.830. The van der Waals surface area contributed by atoms with Crippen molar-refractivity contribution in [2.45, 2.75) is 0 Å². The molecule has 0 fully saturated rings. The van der Waals surface area contributed by atoms with Crippen molar-refractivity contribution in [3.63, 3.8) is 0 Å². The average molecular weight is 698 g/mol. The monoisotopic (exact) mass is 698 g/mol. The van der Waals surface area contributed by atoms with Crippen LogP contribution in [0.2, 0.25) is 0 Å². The standard InChI is InChI=1S/C45H29N3Se/c1-3-12-30(13-4-1)32-24-26-33(27-25-32)43-46-44(48-45(47-43)40-22-11-21-39-38-20-7-8-23-41(38)49-42(39)40)37-19-10-18-36(29-37)35-17-9-16-34(28-35)31-14-5-2-6-15-31/h1-29H/i7D,8D,11D,20D,21D,22D,23D. The number of benzene rings is 7. The van der Waals surface area contributed by atoms with Gasteiger partial charge in [-0.05, 0) is 0 Å². The molecular weight excluding hydrogens is 661 g/mol. The number of hydrogen-bond donors (Lipinski definition) is 0. The third-order valence-electron chi connectivity index (χ3n) is 8.47. The summed E-state index contributed by atoms with van der Waals surface area (Å²) in [5.41, 5.74) is 7.88. The molecule has 0 spiro atoms. The molecule has 7 aromatic carbocycles. The molecule has 0 N–H and O–H groups in total. The fourth-order valence-corrected chi connectivity index (χ4v) is 8.25. The molecule has 49 heavy (non-hydrogen) atoms. The molecule has 9 rings (SSSR count). The van der Waals surface area contributed by atoms with Crippen molar-refractivity contribution in [3.8, 4) is 67.5 Å². The van der Waals surface area contributed by atoms with Crippen molar-refractivity contribution in [1.82, 2.24) is 15.0 Å². The Morgan fingerprint density at radius 3 is 1.59 bits per heavy atom. The van der Waals surface area contributed by atoms with E-state index in [0.717, 1.165) is 33.4 Å². The van der Waals surface area contributed by atoms with Crippen molar-refractivity contribution in [2.75, 3.05) is 0 Å². The Morgan fingerprint density at radius 2 is 0.878 bits per heavy atom. The summed E-state index contributed by atoms with van der Waals surface area (Å²) in [4.78, 5) is 14.9. The molecule has 230 valence electrons. The van der Waals surface area contributed by atoms with Crippen molar-refractivity contribution in [2.24, 2.45) is 0 Å². The van der Waals surface area contributed by atoms with Crippen LogP contribution in [0, 0.1) is 0 Å². The van der Waals surface area contributed by atoms with E-state index in [-0.39, 0.29) is 58.4 Å². The predicted molar refractivity (Wildman–Crippen MR) is 204 cm³/mol. The topological polar surface area (TPSA) is 38.7 Å². The Hall–Kier alpha value is -5.93. The van der Waals surface area contributed by atoms with Gasteiger partial charge in [-0.3, -0.25) is 0 Å². The minimum absolute atomic E-state index is 0.133. The van der Waals surface area contributed by atoms with Crippen LogP contribution in [0.25, 0.3) is 86.8 Å². The molecule has 2 aromatic heterocycles. The van der Waals surface area contributed by atoms with Gasteiger partial charge in [0.05, 0.1) is 0 Å². The first-order valence-electron chi connectivity index (χ1n) is 19.3. The van der Waals surface area contributed by atoms with Gasteiger partial charge < -0.3 is 0 Å². The van der Waals surface area contributed by atoms with Gasteiger partial charge in [-0.2, -0.15) is 0 Å². The first-order valence-corrected chi connectivity index (χ1v) is 17.5. The van der Waals surface area contributed by atoms with Crippen molar-refractivity contribution >= 4 is 33.8 Å². The molecule has 0 unspecified atom stereocenters. The summed E-state index contributed by atoms with van der Waals surface area (Å²) in [5, 5.41) is 0.446. The van der Waals surface area contributed by atoms with Crippen LogP contribution in [0.4, 0.5) is 0 Å². The summed E-state index contributed by atoms with van der Waals surface area (Å²) >= 11 is -0.732. The van der Waals surface area contributed by atoms with Gasteiger partial charge in [0.15, 0.2) is 0 Å². The third kappa shape index (κ3) is 5.68. The zero-order valence-electron chi connectivity index (χ0n) is 33.0. The van der Waals surface area contributed by atoms with E-state index in [0.29, 0.717) is 31.3 Å². The molecule has 0 atom stereocenters. The number of aromatic nitrogens is 3. The van der Waals surface area contributed by atoms with E-state index in [1.54, 1.807) is 0 Å². The van der Waals surface area contributed by atoms with Crippen molar-refractivity contribution in [1.29, 1.82) is 0 Å². The zero-order chi connectivity index (χ0) is 38.7. The molecule has 0 saturated carbocycles. The second-order valence-electron chi connectivity index (χ2n) is 11.5. The normalized spacial score (nSPS) is 13.3. The summed E-state index contributed by atoms with van der Waals surface area (Å²) in [6.07, 6.45) is 0. The van der Waals surface area contributed by atoms with Gasteiger partial charge in [-0.15, -0.1) is 0 Å². The predicted octanol–water partition coefficient (Wildman–Crippen LogP) is 11.2. The molecule has 0 amide bonds. The molecule has 0 aliphatic carbocycles. The van der Waals surface area contributed by atoms with Crippen LogP contribution in [0.15, 0.2) is 176 Å². The first kappa shape index (κ1) is 22.6. The van der Waals surface area contributed by atoms with Gasteiger partial charge in [-0.1, -0.05) is 36.4 Å². The average Bonchev–Trinajstić information content (AvgIpc) is 3.65. The van der Waals surface area contributed by atoms with Crippen LogP contribution in [-0.2, 0) is 0 Å². The Kier molecular flexibility index (Phi) is 5.81. The van der Waals surface area contributed by atoms with Crippen LogP contribution < -0.4 is 0 Å². The SMILES string of the molecule is [2H]c1c([2H])c([2H])c2c([se]c3c(-c4nc(-c5ccc(-c6ccccc6)cc5)nc(-c5cccc(-c6cccc(-c7ccccc7)c6)c5)n4)c([2H])c([2H])c([2H])c32)c1[2H]. The molecule has 4 heteroatoms.